The molecule has 3 aliphatic rings. The van der Waals surface area contributed by atoms with Crippen LogP contribution in [0.5, 0.6) is 0 Å². The highest BCUT2D eigenvalue weighted by Gasteiger charge is 2.46. The summed E-state index contributed by atoms with van der Waals surface area (Å²) in [5.41, 5.74) is 2.47. The number of amides is 1. The Hall–Kier alpha value is -2.14. The molecule has 5 rings (SSSR count). The number of nitrogens with zero attached hydrogens (tertiary/aromatic N) is 4. The number of hydrogen-bond donors (Lipinski definition) is 0. The third kappa shape index (κ3) is 2.26. The number of piperidine rings is 1. The van der Waals surface area contributed by atoms with Crippen LogP contribution in [0.1, 0.15) is 43.5 Å². The highest BCUT2D eigenvalue weighted by Crippen LogP contribution is 2.42. The molecular weight excluding hydrogens is 324 g/mol. The lowest BCUT2D eigenvalue weighted by molar-refractivity contribution is -0.141. The quantitative estimate of drug-likeness (QED) is 0.794. The SMILES string of the molecule is CN1Cc2ccccc2-n2ccnc2C12CCN(C(=O)C1CCC1)CC2. The maximum absolute atomic E-state index is 12.7. The summed E-state index contributed by atoms with van der Waals surface area (Å²) >= 11 is 0. The summed E-state index contributed by atoms with van der Waals surface area (Å²) in [6.45, 7) is 2.59. The molecule has 2 fully saturated rings. The van der Waals surface area contributed by atoms with E-state index in [9.17, 15) is 4.79 Å². The number of imidazole rings is 1. The van der Waals surface area contributed by atoms with Crippen molar-refractivity contribution in [1.29, 1.82) is 0 Å². The zero-order valence-electron chi connectivity index (χ0n) is 15.4. The number of carbonyl (C=O) groups is 1. The number of carbonyl (C=O) groups excluding carboxylic acids is 1. The van der Waals surface area contributed by atoms with Gasteiger partial charge in [0.2, 0.25) is 5.91 Å². The second kappa shape index (κ2) is 5.95. The van der Waals surface area contributed by atoms with Crippen LogP contribution in [0.2, 0.25) is 0 Å². The molecule has 0 atom stereocenters. The van der Waals surface area contributed by atoms with E-state index in [1.54, 1.807) is 0 Å². The van der Waals surface area contributed by atoms with Crippen molar-refractivity contribution < 1.29 is 4.79 Å². The fraction of sp³-hybridized carbons (Fsp3) is 0.524. The Balaban J connectivity index is 1.47. The van der Waals surface area contributed by atoms with E-state index in [0.29, 0.717) is 11.8 Å². The lowest BCUT2D eigenvalue weighted by Gasteiger charge is -2.47. The van der Waals surface area contributed by atoms with Crippen LogP contribution < -0.4 is 0 Å². The molecule has 0 N–H and O–H groups in total. The van der Waals surface area contributed by atoms with Crippen molar-refractivity contribution in [3.8, 4) is 5.69 Å². The molecule has 1 spiro atoms. The third-order valence-electron chi connectivity index (χ3n) is 6.80. The first-order valence-electron chi connectivity index (χ1n) is 9.81. The van der Waals surface area contributed by atoms with Crippen LogP contribution in [0.15, 0.2) is 36.7 Å². The van der Waals surface area contributed by atoms with Crippen molar-refractivity contribution in [2.45, 2.75) is 44.2 Å². The van der Waals surface area contributed by atoms with E-state index in [1.165, 1.54) is 17.7 Å². The molecule has 26 heavy (non-hydrogen) atoms. The van der Waals surface area contributed by atoms with Gasteiger partial charge >= 0.3 is 0 Å². The molecule has 1 amide bonds. The average Bonchev–Trinajstić information content (AvgIpc) is 3.07. The lowest BCUT2D eigenvalue weighted by Crippen LogP contribution is -2.54. The Labute approximate surface area is 154 Å². The summed E-state index contributed by atoms with van der Waals surface area (Å²) in [5.74, 6) is 1.80. The standard InChI is InChI=1S/C21H26N4O/c1-23-15-17-5-2-3-8-18(17)25-14-11-22-20(25)21(23)9-12-24(13-10-21)19(26)16-6-4-7-16/h2-3,5,8,11,14,16H,4,6-7,9-10,12-13,15H2,1H3. The van der Waals surface area contributed by atoms with E-state index < -0.39 is 0 Å². The van der Waals surface area contributed by atoms with Gasteiger partial charge in [-0.2, -0.15) is 0 Å². The molecule has 1 saturated carbocycles. The summed E-state index contributed by atoms with van der Waals surface area (Å²) in [7, 11) is 2.21. The molecule has 5 heteroatoms. The molecule has 1 saturated heterocycles. The van der Waals surface area contributed by atoms with Crippen LogP contribution in [-0.2, 0) is 16.9 Å². The minimum absolute atomic E-state index is 0.0983. The number of likely N-dealkylation sites (tertiary alicyclic amines) is 1. The number of rotatable bonds is 1. The number of hydrogen-bond acceptors (Lipinski definition) is 3. The maximum Gasteiger partial charge on any atom is 0.225 e. The van der Waals surface area contributed by atoms with E-state index in [0.717, 1.165) is 51.1 Å². The number of benzene rings is 1. The monoisotopic (exact) mass is 350 g/mol. The molecule has 2 aromatic rings. The Morgan fingerprint density at radius 2 is 1.96 bits per heavy atom. The van der Waals surface area contributed by atoms with Gasteiger partial charge in [-0.1, -0.05) is 24.6 Å². The second-order valence-corrected chi connectivity index (χ2v) is 8.09. The summed E-state index contributed by atoms with van der Waals surface area (Å²) in [6.07, 6.45) is 9.28. The van der Waals surface area contributed by atoms with E-state index in [-0.39, 0.29) is 5.54 Å². The second-order valence-electron chi connectivity index (χ2n) is 8.09. The van der Waals surface area contributed by atoms with Gasteiger partial charge in [0.1, 0.15) is 5.82 Å². The van der Waals surface area contributed by atoms with Crippen LogP contribution in [0.25, 0.3) is 5.69 Å². The summed E-state index contributed by atoms with van der Waals surface area (Å²) in [5, 5.41) is 0. The van der Waals surface area contributed by atoms with E-state index in [1.807, 2.05) is 6.20 Å². The zero-order valence-corrected chi connectivity index (χ0v) is 15.4. The van der Waals surface area contributed by atoms with Gasteiger partial charge in [-0.25, -0.2) is 4.98 Å². The molecule has 0 bridgehead atoms. The molecule has 136 valence electrons. The zero-order chi connectivity index (χ0) is 17.7. The average molecular weight is 350 g/mol. The van der Waals surface area contributed by atoms with Gasteiger partial charge in [0, 0.05) is 37.9 Å². The van der Waals surface area contributed by atoms with Gasteiger partial charge in [-0.05, 0) is 44.4 Å². The number of aromatic nitrogens is 2. The van der Waals surface area contributed by atoms with Gasteiger partial charge < -0.3 is 9.47 Å². The van der Waals surface area contributed by atoms with Crippen molar-refractivity contribution in [3.05, 3.63) is 48.0 Å². The van der Waals surface area contributed by atoms with Gasteiger partial charge in [-0.15, -0.1) is 0 Å². The van der Waals surface area contributed by atoms with E-state index in [4.69, 9.17) is 4.98 Å². The first-order chi connectivity index (χ1) is 12.7. The number of fused-ring (bicyclic) bond motifs is 4. The predicted molar refractivity (Wildman–Crippen MR) is 99.9 cm³/mol. The van der Waals surface area contributed by atoms with E-state index >= 15 is 0 Å². The Bertz CT molecular complexity index is 830. The largest absolute Gasteiger partial charge is 0.342 e. The lowest BCUT2D eigenvalue weighted by atomic mass is 9.81. The van der Waals surface area contributed by atoms with Gasteiger partial charge in [0.15, 0.2) is 0 Å². The fourth-order valence-electron chi connectivity index (χ4n) is 4.92. The molecule has 3 heterocycles. The molecule has 1 aromatic heterocycles. The van der Waals surface area contributed by atoms with Crippen LogP contribution >= 0.6 is 0 Å². The summed E-state index contributed by atoms with van der Waals surface area (Å²) in [6, 6.07) is 8.61. The van der Waals surface area contributed by atoms with Crippen molar-refractivity contribution >= 4 is 5.91 Å². The number of para-hydroxylation sites is 1. The molecule has 0 radical (unpaired) electrons. The fourth-order valence-corrected chi connectivity index (χ4v) is 4.92. The maximum atomic E-state index is 12.7. The highest BCUT2D eigenvalue weighted by atomic mass is 16.2. The van der Waals surface area contributed by atoms with Crippen LogP contribution in [0, 0.1) is 5.92 Å². The Morgan fingerprint density at radius 3 is 2.69 bits per heavy atom. The van der Waals surface area contributed by atoms with Gasteiger partial charge in [0.05, 0.1) is 11.2 Å². The molecule has 1 aliphatic carbocycles. The molecule has 2 aliphatic heterocycles. The van der Waals surface area contributed by atoms with E-state index in [2.05, 4.69) is 51.9 Å². The summed E-state index contributed by atoms with van der Waals surface area (Å²) in [4.78, 5) is 22.0. The van der Waals surface area contributed by atoms with Crippen LogP contribution in [0.3, 0.4) is 0 Å². The van der Waals surface area contributed by atoms with Crippen LogP contribution in [0.4, 0.5) is 0 Å². The van der Waals surface area contributed by atoms with Crippen molar-refractivity contribution in [1.82, 2.24) is 19.4 Å². The Kier molecular flexibility index (Phi) is 3.67. The molecule has 5 nitrogen and oxygen atoms in total. The first-order valence-corrected chi connectivity index (χ1v) is 9.81. The molecule has 0 unspecified atom stereocenters. The molecular formula is C21H26N4O. The van der Waals surface area contributed by atoms with Gasteiger partial charge in [0.25, 0.3) is 0 Å². The van der Waals surface area contributed by atoms with Crippen molar-refractivity contribution in [2.24, 2.45) is 5.92 Å². The Morgan fingerprint density at radius 1 is 1.19 bits per heavy atom. The first kappa shape index (κ1) is 16.1. The topological polar surface area (TPSA) is 41.4 Å². The summed E-state index contributed by atoms with van der Waals surface area (Å²) < 4.78 is 2.27. The minimum Gasteiger partial charge on any atom is -0.342 e. The predicted octanol–water partition coefficient (Wildman–Crippen LogP) is 2.94. The molecule has 1 aromatic carbocycles. The normalized spacial score (nSPS) is 22.4. The van der Waals surface area contributed by atoms with Gasteiger partial charge in [-0.3, -0.25) is 9.69 Å². The third-order valence-corrected chi connectivity index (χ3v) is 6.80. The van der Waals surface area contributed by atoms with Crippen molar-refractivity contribution in [2.75, 3.05) is 20.1 Å². The van der Waals surface area contributed by atoms with Crippen molar-refractivity contribution in [3.63, 3.8) is 0 Å². The van der Waals surface area contributed by atoms with Crippen LogP contribution in [-0.4, -0.2) is 45.4 Å². The smallest absolute Gasteiger partial charge is 0.225 e. The minimum atomic E-state index is -0.0983. The highest BCUT2D eigenvalue weighted by molar-refractivity contribution is 5.79.